The molecule has 120 valence electrons. The fraction of sp³-hybridized carbons (Fsp3) is 0. The van der Waals surface area contributed by atoms with Gasteiger partial charge in [-0.15, -0.1) is 10.2 Å². The van der Waals surface area contributed by atoms with Gasteiger partial charge in [-0.2, -0.15) is 0 Å². The number of pyridine rings is 1. The van der Waals surface area contributed by atoms with Crippen LogP contribution in [0.1, 0.15) is 0 Å². The first-order chi connectivity index (χ1) is 12.3. The molecule has 6 heteroatoms. The second-order valence-electron chi connectivity index (χ2n) is 5.85. The van der Waals surface area contributed by atoms with Gasteiger partial charge >= 0.3 is 0 Å². The lowest BCUT2D eigenvalue weighted by Gasteiger charge is -2.11. The van der Waals surface area contributed by atoms with Crippen LogP contribution in [0.25, 0.3) is 28.5 Å². The molecule has 1 aliphatic heterocycles. The minimum Gasteiger partial charge on any atom is -0.399 e. The van der Waals surface area contributed by atoms with E-state index in [0.717, 1.165) is 40.0 Å². The van der Waals surface area contributed by atoms with Crippen molar-refractivity contribution in [3.05, 3.63) is 66.9 Å². The number of hydrogen-bond acceptors (Lipinski definition) is 5. The number of para-hydroxylation sites is 1. The molecule has 3 N–H and O–H groups in total. The Morgan fingerprint density at radius 2 is 1.64 bits per heavy atom. The third-order valence-corrected chi connectivity index (χ3v) is 4.28. The van der Waals surface area contributed by atoms with Crippen LogP contribution in [0, 0.1) is 0 Å². The fourth-order valence-corrected chi connectivity index (χ4v) is 3.09. The van der Waals surface area contributed by atoms with E-state index >= 15 is 0 Å². The number of nitrogen functional groups attached to an aromatic ring is 1. The molecule has 0 bridgehead atoms. The van der Waals surface area contributed by atoms with Gasteiger partial charge in [-0.05, 0) is 48.5 Å². The van der Waals surface area contributed by atoms with Crippen LogP contribution in [0.2, 0.25) is 0 Å². The van der Waals surface area contributed by atoms with Crippen LogP contribution < -0.4 is 11.1 Å². The summed E-state index contributed by atoms with van der Waals surface area (Å²) in [6.07, 6.45) is 1.77. The number of hydrogen-bond donors (Lipinski definition) is 2. The molecule has 0 radical (unpaired) electrons. The fourth-order valence-electron chi connectivity index (χ4n) is 3.09. The van der Waals surface area contributed by atoms with E-state index in [1.165, 1.54) is 0 Å². The van der Waals surface area contributed by atoms with Crippen molar-refractivity contribution in [3.8, 4) is 28.5 Å². The molecule has 5 rings (SSSR count). The number of fused-ring (bicyclic) bond motifs is 5. The van der Waals surface area contributed by atoms with Gasteiger partial charge in [-0.1, -0.05) is 12.1 Å². The molecule has 0 unspecified atom stereocenters. The Bertz CT molecular complexity index is 1080. The van der Waals surface area contributed by atoms with E-state index in [1.54, 1.807) is 6.20 Å². The highest BCUT2D eigenvalue weighted by Crippen LogP contribution is 2.38. The Kier molecular flexibility index (Phi) is 2.84. The maximum Gasteiger partial charge on any atom is 0.171 e. The summed E-state index contributed by atoms with van der Waals surface area (Å²) in [5, 5.41) is 12.3. The average molecular weight is 326 g/mol. The summed E-state index contributed by atoms with van der Waals surface area (Å²) in [5.41, 5.74) is 10.3. The highest BCUT2D eigenvalue weighted by Gasteiger charge is 2.24. The average Bonchev–Trinajstić information content (AvgIpc) is 3.02. The zero-order valence-electron chi connectivity index (χ0n) is 13.2. The van der Waals surface area contributed by atoms with Crippen molar-refractivity contribution in [2.45, 2.75) is 0 Å². The number of rotatable bonds is 1. The van der Waals surface area contributed by atoms with Crippen LogP contribution >= 0.6 is 0 Å². The van der Waals surface area contributed by atoms with Gasteiger partial charge in [0.2, 0.25) is 0 Å². The van der Waals surface area contributed by atoms with Crippen molar-refractivity contribution in [1.29, 1.82) is 0 Å². The van der Waals surface area contributed by atoms with Crippen molar-refractivity contribution < 1.29 is 0 Å². The van der Waals surface area contributed by atoms with Crippen LogP contribution in [0.5, 0.6) is 0 Å². The third-order valence-electron chi connectivity index (χ3n) is 4.28. The Labute approximate surface area is 144 Å². The lowest BCUT2D eigenvalue weighted by molar-refractivity contribution is 1.07. The number of nitrogens with two attached hydrogens (primary N) is 1. The highest BCUT2D eigenvalue weighted by molar-refractivity contribution is 5.84. The second-order valence-corrected chi connectivity index (χ2v) is 5.85. The van der Waals surface area contributed by atoms with Crippen LogP contribution in [0.3, 0.4) is 0 Å². The van der Waals surface area contributed by atoms with Gasteiger partial charge in [0, 0.05) is 23.0 Å². The maximum atomic E-state index is 5.82. The maximum absolute atomic E-state index is 5.82. The molecule has 2 aromatic heterocycles. The van der Waals surface area contributed by atoms with Crippen LogP contribution in [-0.2, 0) is 0 Å². The van der Waals surface area contributed by atoms with Gasteiger partial charge in [-0.25, -0.2) is 4.98 Å². The molecule has 0 saturated heterocycles. The lowest BCUT2D eigenvalue weighted by Crippen LogP contribution is -2.02. The summed E-state index contributed by atoms with van der Waals surface area (Å²) in [5.74, 6) is 2.30. The van der Waals surface area contributed by atoms with Gasteiger partial charge in [0.25, 0.3) is 0 Å². The molecule has 1 aliphatic rings. The van der Waals surface area contributed by atoms with Gasteiger partial charge in [0.15, 0.2) is 17.5 Å². The van der Waals surface area contributed by atoms with Gasteiger partial charge in [0.05, 0.1) is 11.4 Å². The van der Waals surface area contributed by atoms with E-state index in [-0.39, 0.29) is 0 Å². The Hall–Kier alpha value is -3.67. The Morgan fingerprint density at radius 1 is 0.840 bits per heavy atom. The zero-order valence-corrected chi connectivity index (χ0v) is 13.2. The summed E-state index contributed by atoms with van der Waals surface area (Å²) in [7, 11) is 0. The standard InChI is InChI=1S/C19H14N6/c20-13-9-7-12(8-10-13)18-23-24-19-14-4-1-2-5-15(14)22-17-16(25(18)19)6-3-11-21-17/h1-11H,20H2,(H,21,22). The molecule has 4 aromatic rings. The van der Waals surface area contributed by atoms with E-state index in [1.807, 2.05) is 65.2 Å². The Morgan fingerprint density at radius 3 is 2.52 bits per heavy atom. The normalized spacial score (nSPS) is 11.7. The summed E-state index contributed by atoms with van der Waals surface area (Å²) in [6.45, 7) is 0. The second kappa shape index (κ2) is 5.17. The van der Waals surface area contributed by atoms with E-state index in [4.69, 9.17) is 5.73 Å². The molecular weight excluding hydrogens is 312 g/mol. The number of nitrogens with one attached hydrogen (secondary N) is 1. The molecule has 0 saturated carbocycles. The molecule has 0 amide bonds. The minimum atomic E-state index is 0.716. The number of anilines is 3. The monoisotopic (exact) mass is 326 g/mol. The van der Waals surface area contributed by atoms with Crippen molar-refractivity contribution in [3.63, 3.8) is 0 Å². The third kappa shape index (κ3) is 2.08. The first-order valence-electron chi connectivity index (χ1n) is 7.94. The van der Waals surface area contributed by atoms with Crippen molar-refractivity contribution >= 4 is 17.2 Å². The predicted octanol–water partition coefficient (Wildman–Crippen LogP) is 3.64. The quantitative estimate of drug-likeness (QED) is 0.460. The summed E-state index contributed by atoms with van der Waals surface area (Å²) < 4.78 is 2.03. The molecule has 3 heterocycles. The van der Waals surface area contributed by atoms with E-state index in [0.29, 0.717) is 5.69 Å². The number of benzene rings is 2. The molecule has 0 atom stereocenters. The largest absolute Gasteiger partial charge is 0.399 e. The SMILES string of the molecule is Nc1ccc(-c2nnc3n2-c2cccnc2Nc2ccccc2-3)cc1. The van der Waals surface area contributed by atoms with E-state index < -0.39 is 0 Å². The smallest absolute Gasteiger partial charge is 0.171 e. The van der Waals surface area contributed by atoms with Gasteiger partial charge in [-0.3, -0.25) is 4.57 Å². The summed E-state index contributed by atoms with van der Waals surface area (Å²) in [4.78, 5) is 4.50. The zero-order chi connectivity index (χ0) is 16.8. The predicted molar refractivity (Wildman–Crippen MR) is 97.7 cm³/mol. The van der Waals surface area contributed by atoms with Crippen molar-refractivity contribution in [2.24, 2.45) is 0 Å². The summed E-state index contributed by atoms with van der Waals surface area (Å²) in [6, 6.07) is 19.6. The first-order valence-corrected chi connectivity index (χ1v) is 7.94. The molecular formula is C19H14N6. The van der Waals surface area contributed by atoms with E-state index in [9.17, 15) is 0 Å². The summed E-state index contributed by atoms with van der Waals surface area (Å²) >= 11 is 0. The molecule has 2 aromatic carbocycles. The van der Waals surface area contributed by atoms with Crippen molar-refractivity contribution in [1.82, 2.24) is 19.7 Å². The van der Waals surface area contributed by atoms with Crippen LogP contribution in [-0.4, -0.2) is 19.7 Å². The van der Waals surface area contributed by atoms with Crippen LogP contribution in [0.15, 0.2) is 66.9 Å². The topological polar surface area (TPSA) is 81.7 Å². The molecule has 0 aliphatic carbocycles. The van der Waals surface area contributed by atoms with Gasteiger partial charge < -0.3 is 11.1 Å². The minimum absolute atomic E-state index is 0.716. The molecule has 25 heavy (non-hydrogen) atoms. The molecule has 0 fully saturated rings. The number of nitrogens with zero attached hydrogens (tertiary/aromatic N) is 4. The highest BCUT2D eigenvalue weighted by atomic mass is 15.3. The van der Waals surface area contributed by atoms with Gasteiger partial charge in [0.1, 0.15) is 0 Å². The molecule has 0 spiro atoms. The van der Waals surface area contributed by atoms with E-state index in [2.05, 4.69) is 20.5 Å². The van der Waals surface area contributed by atoms with Crippen molar-refractivity contribution in [2.75, 3.05) is 11.1 Å². The lowest BCUT2D eigenvalue weighted by atomic mass is 10.1. The van der Waals surface area contributed by atoms with Crippen LogP contribution in [0.4, 0.5) is 17.2 Å². The Balaban J connectivity index is 1.85. The molecule has 6 nitrogen and oxygen atoms in total. The first kappa shape index (κ1) is 13.7. The number of aromatic nitrogens is 4.